The molecule has 0 spiro atoms. The topological polar surface area (TPSA) is 27.7 Å². The molecule has 0 aliphatic rings. The van der Waals surface area contributed by atoms with E-state index in [0.29, 0.717) is 0 Å². The lowest BCUT2D eigenvalue weighted by atomic mass is 10.4. The van der Waals surface area contributed by atoms with Crippen molar-refractivity contribution in [2.75, 3.05) is 7.11 Å². The zero-order valence-electron chi connectivity index (χ0n) is 14.3. The smallest absolute Gasteiger partial charge is 0.325 e. The van der Waals surface area contributed by atoms with Gasteiger partial charge in [0.1, 0.15) is 0 Å². The van der Waals surface area contributed by atoms with Gasteiger partial charge in [0.2, 0.25) is 0 Å². The minimum absolute atomic E-state index is 0. The first-order chi connectivity index (χ1) is 8.60. The van der Waals surface area contributed by atoms with E-state index in [1.165, 1.54) is 12.8 Å². The molecule has 0 aromatic carbocycles. The fraction of sp³-hybridized carbons (Fsp3) is 1.00. The van der Waals surface area contributed by atoms with Gasteiger partial charge in [-0.3, -0.25) is 0 Å². The van der Waals surface area contributed by atoms with Crippen LogP contribution in [-0.2, 0) is 12.7 Å². The number of hydrogen-bond donors (Lipinski definition) is 0. The Morgan fingerprint density at radius 3 is 1.43 bits per heavy atom. The molecule has 2 unspecified atom stereocenters. The van der Waals surface area contributed by atoms with E-state index < -0.39 is 25.4 Å². The largest absolute Gasteiger partial charge is 0.437 e. The summed E-state index contributed by atoms with van der Waals surface area (Å²) in [6.45, 7) is 15.6. The normalized spacial score (nSPS) is 15.7. The Kier molecular flexibility index (Phi) is 22.4. The molecular weight excluding hydrogens is 336 g/mol. The number of hydrogen-bond acceptors (Lipinski definition) is 3. The van der Waals surface area contributed by atoms with Crippen molar-refractivity contribution in [2.24, 2.45) is 0 Å². The summed E-state index contributed by atoms with van der Waals surface area (Å²) >= 11 is 0. The third kappa shape index (κ3) is 15.8. The Balaban J connectivity index is -0.000000270. The van der Waals surface area contributed by atoms with Crippen molar-refractivity contribution in [3.8, 4) is 0 Å². The van der Waals surface area contributed by atoms with Crippen molar-refractivity contribution in [3.05, 3.63) is 0 Å². The number of rotatable bonds is 10. The average Bonchev–Trinajstić information content (AvgIpc) is 2.23. The summed E-state index contributed by atoms with van der Waals surface area (Å²) in [6, 6.07) is 2.14. The fourth-order valence-electron chi connectivity index (χ4n) is 2.37. The summed E-state index contributed by atoms with van der Waals surface area (Å²) < 4.78 is 18.8. The highest BCUT2D eigenvalue weighted by Gasteiger charge is 2.43. The molecule has 0 aromatic rings. The van der Waals surface area contributed by atoms with Gasteiger partial charge in [0.15, 0.2) is 8.32 Å². The van der Waals surface area contributed by atoms with Crippen molar-refractivity contribution < 1.29 is 12.7 Å². The summed E-state index contributed by atoms with van der Waals surface area (Å²) in [5.74, 6) is 0. The maximum Gasteiger partial charge on any atom is 0.325 e. The molecule has 23 heavy (non-hydrogen) atoms. The highest BCUT2D eigenvalue weighted by atomic mass is 28.5. The second-order valence-corrected chi connectivity index (χ2v) is 18.4. The Labute approximate surface area is 153 Å². The minimum Gasteiger partial charge on any atom is -0.437 e. The van der Waals surface area contributed by atoms with Gasteiger partial charge in [0.25, 0.3) is 0 Å². The molecule has 148 valence electrons. The van der Waals surface area contributed by atoms with Gasteiger partial charge in [-0.05, 0) is 44.8 Å². The van der Waals surface area contributed by atoms with Crippen LogP contribution in [0.15, 0.2) is 0 Å². The summed E-state index contributed by atoms with van der Waals surface area (Å²) in [4.78, 5) is 0. The second kappa shape index (κ2) is 14.8. The molecule has 0 bridgehead atoms. The maximum atomic E-state index is 6.56. The maximum absolute atomic E-state index is 6.56. The molecule has 0 aliphatic heterocycles. The lowest BCUT2D eigenvalue weighted by Gasteiger charge is -2.40. The quantitative estimate of drug-likeness (QED) is 0.366. The molecule has 0 radical (unpaired) electrons. The first kappa shape index (κ1) is 34.8. The van der Waals surface area contributed by atoms with Gasteiger partial charge in [-0.1, -0.05) is 62.8 Å². The predicted octanol–water partition coefficient (Wildman–Crippen LogP) is 7.40. The first-order valence-electron chi connectivity index (χ1n) is 7.55. The third-order valence-corrected chi connectivity index (χ3v) is 14.2. The average molecular weight is 387 g/mol. The van der Waals surface area contributed by atoms with E-state index in [0.717, 1.165) is 18.5 Å². The molecule has 0 amide bonds. The van der Waals surface area contributed by atoms with E-state index >= 15 is 0 Å². The third-order valence-electron chi connectivity index (χ3n) is 3.07. The molecule has 0 rings (SSSR count). The van der Waals surface area contributed by atoms with Crippen LogP contribution in [0.1, 0.15) is 62.8 Å². The Hall–Kier alpha value is 0.531. The van der Waals surface area contributed by atoms with Crippen LogP contribution in [0, 0.1) is 0 Å². The number of unbranched alkanes of at least 4 members (excludes halogenated alkanes) is 1. The van der Waals surface area contributed by atoms with Crippen molar-refractivity contribution in [1.82, 2.24) is 0 Å². The van der Waals surface area contributed by atoms with Crippen LogP contribution in [-0.4, -0.2) is 32.5 Å². The van der Waals surface area contributed by atoms with Crippen molar-refractivity contribution >= 4 is 25.4 Å². The van der Waals surface area contributed by atoms with Gasteiger partial charge >= 0.3 is 17.1 Å². The van der Waals surface area contributed by atoms with Crippen LogP contribution in [0.3, 0.4) is 0 Å². The zero-order valence-corrected chi connectivity index (χ0v) is 17.3. The molecule has 0 saturated heterocycles. The van der Waals surface area contributed by atoms with Crippen LogP contribution in [0.2, 0.25) is 44.8 Å². The molecule has 0 fully saturated rings. The van der Waals surface area contributed by atoms with Gasteiger partial charge in [-0.2, -0.15) is 0 Å². The van der Waals surface area contributed by atoms with E-state index in [2.05, 4.69) is 46.6 Å². The molecule has 0 saturated carbocycles. The van der Waals surface area contributed by atoms with Crippen molar-refractivity contribution in [2.45, 2.75) is 108 Å². The molecule has 0 aromatic heterocycles. The van der Waals surface area contributed by atoms with E-state index in [4.69, 9.17) is 12.7 Å². The second-order valence-electron chi connectivity index (χ2n) is 6.64. The standard InChI is InChI=1S/C13H34O3Si3.4CH4/c1-9-11-13-18(7,14-3)16-19(8,12-10-2)15-17(4,5)6;;;;/h9-13H2,1-8H3;4*1H4. The van der Waals surface area contributed by atoms with Crippen LogP contribution >= 0.6 is 0 Å². The lowest BCUT2D eigenvalue weighted by molar-refractivity contribution is 0.267. The fourth-order valence-corrected chi connectivity index (χ4v) is 15.4. The first-order valence-corrected chi connectivity index (χ1v) is 16.0. The van der Waals surface area contributed by atoms with Gasteiger partial charge in [0.05, 0.1) is 0 Å². The summed E-state index contributed by atoms with van der Waals surface area (Å²) in [5.41, 5.74) is 0. The van der Waals surface area contributed by atoms with Crippen LogP contribution in [0.5, 0.6) is 0 Å². The van der Waals surface area contributed by atoms with Gasteiger partial charge in [-0.25, -0.2) is 0 Å². The summed E-state index contributed by atoms with van der Waals surface area (Å²) in [6.07, 6.45) is 3.49. The monoisotopic (exact) mass is 386 g/mol. The van der Waals surface area contributed by atoms with E-state index in [1.54, 1.807) is 7.11 Å². The van der Waals surface area contributed by atoms with Crippen molar-refractivity contribution in [1.29, 1.82) is 0 Å². The molecule has 3 nitrogen and oxygen atoms in total. The summed E-state index contributed by atoms with van der Waals surface area (Å²) in [5, 5.41) is 0. The SMILES string of the molecule is C.C.C.C.CCCC[Si](C)(OC)O[Si](C)(CCC)O[Si](C)(C)C. The lowest BCUT2D eigenvalue weighted by Crippen LogP contribution is -2.55. The highest BCUT2D eigenvalue weighted by Crippen LogP contribution is 2.28. The summed E-state index contributed by atoms with van der Waals surface area (Å²) in [7, 11) is -3.92. The molecular formula is C17H50O3Si3. The van der Waals surface area contributed by atoms with E-state index in [1.807, 2.05) is 0 Å². The van der Waals surface area contributed by atoms with E-state index in [9.17, 15) is 0 Å². The van der Waals surface area contributed by atoms with Gasteiger partial charge in [0, 0.05) is 7.11 Å². The Morgan fingerprint density at radius 2 is 1.13 bits per heavy atom. The molecule has 6 heteroatoms. The predicted molar refractivity (Wildman–Crippen MR) is 117 cm³/mol. The van der Waals surface area contributed by atoms with Gasteiger partial charge < -0.3 is 12.7 Å². The zero-order chi connectivity index (χ0) is 15.2. The van der Waals surface area contributed by atoms with Crippen molar-refractivity contribution in [3.63, 3.8) is 0 Å². The van der Waals surface area contributed by atoms with Crippen LogP contribution in [0.25, 0.3) is 0 Å². The molecule has 2 atom stereocenters. The molecule has 0 heterocycles. The van der Waals surface area contributed by atoms with Crippen LogP contribution < -0.4 is 0 Å². The Bertz CT molecular complexity index is 260. The highest BCUT2D eigenvalue weighted by molar-refractivity contribution is 6.86. The van der Waals surface area contributed by atoms with Crippen LogP contribution in [0.4, 0.5) is 0 Å². The minimum atomic E-state index is -2.09. The molecule has 0 aliphatic carbocycles. The molecule has 0 N–H and O–H groups in total. The van der Waals surface area contributed by atoms with E-state index in [-0.39, 0.29) is 29.7 Å². The van der Waals surface area contributed by atoms with Gasteiger partial charge in [-0.15, -0.1) is 0 Å². The Morgan fingerprint density at radius 1 is 0.652 bits per heavy atom.